The van der Waals surface area contributed by atoms with Gasteiger partial charge >= 0.3 is 5.97 Å². The van der Waals surface area contributed by atoms with E-state index in [0.29, 0.717) is 10.4 Å². The van der Waals surface area contributed by atoms with Crippen LogP contribution in [0.3, 0.4) is 0 Å². The summed E-state index contributed by atoms with van der Waals surface area (Å²) in [5.41, 5.74) is -0.0346. The number of nitrogens with zero attached hydrogens (tertiary/aromatic N) is 4. The van der Waals surface area contributed by atoms with Crippen molar-refractivity contribution in [3.63, 3.8) is 0 Å². The first-order chi connectivity index (χ1) is 11.5. The first kappa shape index (κ1) is 14.7. The fourth-order valence-corrected chi connectivity index (χ4v) is 5.04. The van der Waals surface area contributed by atoms with E-state index in [1.54, 1.807) is 0 Å². The summed E-state index contributed by atoms with van der Waals surface area (Å²) in [6.45, 7) is 4.69. The third kappa shape index (κ3) is 1.97. The lowest BCUT2D eigenvalue weighted by molar-refractivity contribution is -0.139. The predicted molar refractivity (Wildman–Crippen MR) is 94.2 cm³/mol. The Bertz CT molecular complexity index is 863. The summed E-state index contributed by atoms with van der Waals surface area (Å²) >= 11 is 7.68. The van der Waals surface area contributed by atoms with Crippen LogP contribution in [0, 0.1) is 11.3 Å². The normalized spacial score (nSPS) is 27.2. The third-order valence-corrected chi connectivity index (χ3v) is 6.86. The van der Waals surface area contributed by atoms with Gasteiger partial charge in [-0.2, -0.15) is 4.98 Å². The second kappa shape index (κ2) is 4.73. The molecule has 4 heterocycles. The highest BCUT2D eigenvalue weighted by Crippen LogP contribution is 2.59. The highest BCUT2D eigenvalue weighted by Gasteiger charge is 2.65. The quantitative estimate of drug-likeness (QED) is 0.903. The minimum absolute atomic E-state index is 0.0346. The number of thiophene rings is 1. The molecule has 1 aliphatic carbocycles. The molecule has 5 rings (SSSR count). The Morgan fingerprint density at radius 1 is 1.46 bits per heavy atom. The largest absolute Gasteiger partial charge is 0.481 e. The lowest BCUT2D eigenvalue weighted by atomic mass is 9.93. The molecule has 3 aliphatic rings. The summed E-state index contributed by atoms with van der Waals surface area (Å²) in [6.07, 6.45) is 1.95. The molecule has 0 aromatic carbocycles. The predicted octanol–water partition coefficient (Wildman–Crippen LogP) is 2.85. The van der Waals surface area contributed by atoms with Crippen LogP contribution in [0.1, 0.15) is 19.8 Å². The van der Waals surface area contributed by atoms with Gasteiger partial charge in [0.1, 0.15) is 10.6 Å². The molecular formula is C16H17ClN4O2S. The molecule has 6 nitrogen and oxygen atoms in total. The van der Waals surface area contributed by atoms with Gasteiger partial charge in [0.25, 0.3) is 0 Å². The van der Waals surface area contributed by atoms with Gasteiger partial charge in [0.05, 0.1) is 15.6 Å². The van der Waals surface area contributed by atoms with Crippen molar-refractivity contribution in [3.05, 3.63) is 10.4 Å². The van der Waals surface area contributed by atoms with Gasteiger partial charge in [-0.05, 0) is 25.8 Å². The lowest BCUT2D eigenvalue weighted by Gasteiger charge is -2.43. The smallest absolute Gasteiger partial charge is 0.307 e. The zero-order valence-corrected chi connectivity index (χ0v) is 14.8. The molecule has 2 aromatic heterocycles. The minimum Gasteiger partial charge on any atom is -0.481 e. The van der Waals surface area contributed by atoms with Gasteiger partial charge < -0.3 is 14.9 Å². The second-order valence-corrected chi connectivity index (χ2v) is 8.92. The van der Waals surface area contributed by atoms with Crippen molar-refractivity contribution in [2.24, 2.45) is 11.3 Å². The average molecular weight is 365 g/mol. The first-order valence-electron chi connectivity index (χ1n) is 8.18. The van der Waals surface area contributed by atoms with Crippen molar-refractivity contribution >= 4 is 50.9 Å². The molecular weight excluding hydrogens is 348 g/mol. The van der Waals surface area contributed by atoms with Gasteiger partial charge in [-0.1, -0.05) is 11.6 Å². The van der Waals surface area contributed by atoms with Crippen molar-refractivity contribution in [2.75, 3.05) is 29.4 Å². The topological polar surface area (TPSA) is 69.6 Å². The highest BCUT2D eigenvalue weighted by molar-refractivity contribution is 7.22. The molecule has 2 saturated heterocycles. The van der Waals surface area contributed by atoms with E-state index < -0.39 is 5.97 Å². The number of hydrogen-bond acceptors (Lipinski definition) is 6. The molecule has 1 saturated carbocycles. The summed E-state index contributed by atoms with van der Waals surface area (Å²) in [5, 5.41) is 10.2. The number of fused-ring (bicyclic) bond motifs is 1. The van der Waals surface area contributed by atoms with Crippen molar-refractivity contribution in [2.45, 2.75) is 25.8 Å². The summed E-state index contributed by atoms with van der Waals surface area (Å²) in [6, 6.07) is 2.39. The summed E-state index contributed by atoms with van der Waals surface area (Å²) < 4.78 is 0.708. The number of hydrogen-bond donors (Lipinski definition) is 1. The highest BCUT2D eigenvalue weighted by atomic mass is 35.5. The van der Waals surface area contributed by atoms with Crippen LogP contribution in [0.4, 0.5) is 11.8 Å². The summed E-state index contributed by atoms with van der Waals surface area (Å²) in [4.78, 5) is 26.0. The fraction of sp³-hybridized carbons (Fsp3) is 0.562. The SMILES string of the molecule is C[C@H]1CCN1c1nc(N2CC3(CC3C(=O)O)C2)c2cc(Cl)sc2n1. The third-order valence-electron chi connectivity index (χ3n) is 5.71. The first-order valence-corrected chi connectivity index (χ1v) is 9.38. The zero-order valence-electron chi connectivity index (χ0n) is 13.2. The van der Waals surface area contributed by atoms with Gasteiger partial charge in [-0.25, -0.2) is 4.98 Å². The lowest BCUT2D eigenvalue weighted by Crippen LogP contribution is -2.51. The Hall–Kier alpha value is -1.60. The molecule has 8 heteroatoms. The molecule has 1 spiro atoms. The maximum atomic E-state index is 11.2. The van der Waals surface area contributed by atoms with E-state index in [0.717, 1.165) is 54.5 Å². The van der Waals surface area contributed by atoms with Gasteiger partial charge in [-0.3, -0.25) is 4.79 Å². The number of aliphatic carboxylic acids is 1. The van der Waals surface area contributed by atoms with E-state index in [2.05, 4.69) is 16.7 Å². The summed E-state index contributed by atoms with van der Waals surface area (Å²) in [5.74, 6) is 0.809. The zero-order chi connectivity index (χ0) is 16.6. The van der Waals surface area contributed by atoms with Gasteiger partial charge in [-0.15, -0.1) is 11.3 Å². The number of carboxylic acids is 1. The molecule has 0 radical (unpaired) electrons. The molecule has 2 aliphatic heterocycles. The molecule has 126 valence electrons. The average Bonchev–Trinajstić information content (AvgIpc) is 3.13. The Morgan fingerprint density at radius 2 is 2.25 bits per heavy atom. The van der Waals surface area contributed by atoms with Gasteiger partial charge in [0, 0.05) is 31.1 Å². The van der Waals surface area contributed by atoms with Crippen molar-refractivity contribution in [3.8, 4) is 0 Å². The number of aromatic nitrogens is 2. The molecule has 3 fully saturated rings. The molecule has 1 unspecified atom stereocenters. The number of anilines is 2. The van der Waals surface area contributed by atoms with E-state index in [-0.39, 0.29) is 11.3 Å². The van der Waals surface area contributed by atoms with E-state index in [1.807, 2.05) is 6.07 Å². The Balaban J connectivity index is 1.50. The maximum Gasteiger partial charge on any atom is 0.307 e. The Kier molecular flexibility index (Phi) is 2.90. The van der Waals surface area contributed by atoms with E-state index in [1.165, 1.54) is 11.3 Å². The molecule has 0 bridgehead atoms. The van der Waals surface area contributed by atoms with Crippen LogP contribution in [0.2, 0.25) is 4.34 Å². The standard InChI is InChI=1S/C16H17ClN4O2S/c1-8-2-3-21(8)15-18-12(9-4-11(17)24-13(9)19-15)20-6-16(7-20)5-10(16)14(22)23/h4,8,10H,2-3,5-7H2,1H3,(H,22,23)/t8-,10?/m0/s1. The van der Waals surface area contributed by atoms with Gasteiger partial charge in [0.2, 0.25) is 5.95 Å². The van der Waals surface area contributed by atoms with Crippen LogP contribution in [0.25, 0.3) is 10.2 Å². The molecule has 24 heavy (non-hydrogen) atoms. The monoisotopic (exact) mass is 364 g/mol. The Labute approximate surface area is 148 Å². The molecule has 0 amide bonds. The van der Waals surface area contributed by atoms with Gasteiger partial charge in [0.15, 0.2) is 0 Å². The van der Waals surface area contributed by atoms with E-state index in [4.69, 9.17) is 21.6 Å². The van der Waals surface area contributed by atoms with Crippen LogP contribution in [-0.2, 0) is 4.79 Å². The Morgan fingerprint density at radius 3 is 2.83 bits per heavy atom. The number of rotatable bonds is 3. The van der Waals surface area contributed by atoms with Crippen LogP contribution in [-0.4, -0.2) is 46.7 Å². The molecule has 1 N–H and O–H groups in total. The maximum absolute atomic E-state index is 11.2. The molecule has 2 atom stereocenters. The second-order valence-electron chi connectivity index (χ2n) is 7.26. The van der Waals surface area contributed by atoms with Crippen molar-refractivity contribution in [1.82, 2.24) is 9.97 Å². The number of carbonyl (C=O) groups is 1. The summed E-state index contributed by atoms with van der Waals surface area (Å²) in [7, 11) is 0. The van der Waals surface area contributed by atoms with E-state index in [9.17, 15) is 9.90 Å². The minimum atomic E-state index is -0.670. The van der Waals surface area contributed by atoms with Crippen LogP contribution >= 0.6 is 22.9 Å². The fourth-order valence-electron chi connectivity index (χ4n) is 3.96. The van der Waals surface area contributed by atoms with Crippen LogP contribution in [0.15, 0.2) is 6.07 Å². The van der Waals surface area contributed by atoms with Crippen LogP contribution in [0.5, 0.6) is 0 Å². The van der Waals surface area contributed by atoms with Crippen LogP contribution < -0.4 is 9.80 Å². The van der Waals surface area contributed by atoms with Crippen molar-refractivity contribution in [1.29, 1.82) is 0 Å². The number of carboxylic acid groups (broad SMARTS) is 1. The van der Waals surface area contributed by atoms with E-state index >= 15 is 0 Å². The molecule has 2 aromatic rings. The number of halogens is 1. The van der Waals surface area contributed by atoms with Crippen molar-refractivity contribution < 1.29 is 9.90 Å².